The molecule has 2 aliphatic heterocycles. The molecule has 19 heavy (non-hydrogen) atoms. The van der Waals surface area contributed by atoms with Gasteiger partial charge in [-0.2, -0.15) is 0 Å². The number of nitrogens with one attached hydrogen (secondary N) is 2. The van der Waals surface area contributed by atoms with Gasteiger partial charge in [-0.1, -0.05) is 19.8 Å². The van der Waals surface area contributed by atoms with E-state index in [2.05, 4.69) is 17.6 Å². The Morgan fingerprint density at radius 1 is 1.16 bits per heavy atom. The standard InChI is InChI=1S/C16H28N2O/c1-2-3-11-4-6-12(7-5-11)18-16(19)14-10-13-8-9-15(14)17-13/h11-15,17H,2-10H2,1H3,(H,18,19). The molecule has 1 aliphatic carbocycles. The molecule has 3 unspecified atom stereocenters. The molecular formula is C16H28N2O. The van der Waals surface area contributed by atoms with E-state index in [0.29, 0.717) is 24.0 Å². The fraction of sp³-hybridized carbons (Fsp3) is 0.938. The van der Waals surface area contributed by atoms with Crippen LogP contribution in [-0.2, 0) is 4.79 Å². The molecule has 0 aromatic rings. The third-order valence-corrected chi connectivity index (χ3v) is 5.53. The zero-order valence-electron chi connectivity index (χ0n) is 12.2. The number of hydrogen-bond acceptors (Lipinski definition) is 2. The van der Waals surface area contributed by atoms with Gasteiger partial charge in [-0.3, -0.25) is 4.79 Å². The summed E-state index contributed by atoms with van der Waals surface area (Å²) in [4.78, 5) is 12.4. The van der Waals surface area contributed by atoms with Crippen molar-refractivity contribution in [1.82, 2.24) is 10.6 Å². The van der Waals surface area contributed by atoms with Gasteiger partial charge in [0.1, 0.15) is 0 Å². The minimum atomic E-state index is 0.257. The molecule has 1 amide bonds. The van der Waals surface area contributed by atoms with E-state index in [9.17, 15) is 4.79 Å². The first-order valence-electron chi connectivity index (χ1n) is 8.32. The minimum absolute atomic E-state index is 0.257. The van der Waals surface area contributed by atoms with Crippen LogP contribution in [0.4, 0.5) is 0 Å². The summed E-state index contributed by atoms with van der Waals surface area (Å²) in [5.74, 6) is 1.51. The lowest BCUT2D eigenvalue weighted by atomic mass is 9.83. The Morgan fingerprint density at radius 2 is 1.95 bits per heavy atom. The molecule has 3 fully saturated rings. The molecule has 2 N–H and O–H groups in total. The van der Waals surface area contributed by atoms with Gasteiger partial charge in [0, 0.05) is 18.1 Å². The summed E-state index contributed by atoms with van der Waals surface area (Å²) in [5.41, 5.74) is 0. The Labute approximate surface area is 116 Å². The van der Waals surface area contributed by atoms with Crippen LogP contribution in [0.3, 0.4) is 0 Å². The van der Waals surface area contributed by atoms with Crippen LogP contribution in [0.1, 0.15) is 64.7 Å². The van der Waals surface area contributed by atoms with Gasteiger partial charge in [-0.25, -0.2) is 0 Å². The maximum atomic E-state index is 12.4. The Balaban J connectivity index is 1.43. The van der Waals surface area contributed by atoms with Crippen LogP contribution in [0, 0.1) is 11.8 Å². The van der Waals surface area contributed by atoms with E-state index in [1.54, 1.807) is 0 Å². The van der Waals surface area contributed by atoms with Crippen molar-refractivity contribution in [2.45, 2.75) is 82.8 Å². The van der Waals surface area contributed by atoms with Crippen molar-refractivity contribution in [3.05, 3.63) is 0 Å². The van der Waals surface area contributed by atoms with Gasteiger partial charge >= 0.3 is 0 Å². The van der Waals surface area contributed by atoms with Gasteiger partial charge in [-0.05, 0) is 50.9 Å². The largest absolute Gasteiger partial charge is 0.353 e. The quantitative estimate of drug-likeness (QED) is 0.819. The molecule has 108 valence electrons. The molecular weight excluding hydrogens is 236 g/mol. The highest BCUT2D eigenvalue weighted by Gasteiger charge is 2.43. The van der Waals surface area contributed by atoms with Crippen molar-refractivity contribution < 1.29 is 4.79 Å². The van der Waals surface area contributed by atoms with E-state index >= 15 is 0 Å². The Bertz CT molecular complexity index is 323. The second kappa shape index (κ2) is 5.82. The first-order valence-corrected chi connectivity index (χ1v) is 8.32. The summed E-state index contributed by atoms with van der Waals surface area (Å²) in [5, 5.41) is 6.89. The maximum Gasteiger partial charge on any atom is 0.224 e. The summed E-state index contributed by atoms with van der Waals surface area (Å²) >= 11 is 0. The highest BCUT2D eigenvalue weighted by atomic mass is 16.2. The van der Waals surface area contributed by atoms with E-state index in [-0.39, 0.29) is 5.92 Å². The lowest BCUT2D eigenvalue weighted by molar-refractivity contribution is -0.126. The highest BCUT2D eigenvalue weighted by molar-refractivity contribution is 5.80. The average molecular weight is 264 g/mol. The van der Waals surface area contributed by atoms with E-state index in [1.807, 2.05) is 0 Å². The fourth-order valence-electron chi connectivity index (χ4n) is 4.43. The molecule has 2 heterocycles. The predicted molar refractivity (Wildman–Crippen MR) is 76.8 cm³/mol. The van der Waals surface area contributed by atoms with Crippen molar-refractivity contribution >= 4 is 5.91 Å². The molecule has 0 radical (unpaired) electrons. The summed E-state index contributed by atoms with van der Waals surface area (Å²) < 4.78 is 0. The summed E-state index contributed by atoms with van der Waals surface area (Å²) in [6.07, 6.45) is 11.2. The van der Waals surface area contributed by atoms with Crippen molar-refractivity contribution in [3.8, 4) is 0 Å². The van der Waals surface area contributed by atoms with Gasteiger partial charge in [0.15, 0.2) is 0 Å². The van der Waals surface area contributed by atoms with Crippen LogP contribution >= 0.6 is 0 Å². The van der Waals surface area contributed by atoms with E-state index in [4.69, 9.17) is 0 Å². The first-order chi connectivity index (χ1) is 9.26. The summed E-state index contributed by atoms with van der Waals surface area (Å²) in [6.45, 7) is 2.27. The van der Waals surface area contributed by atoms with Crippen LogP contribution in [0.25, 0.3) is 0 Å². The van der Waals surface area contributed by atoms with Gasteiger partial charge in [0.05, 0.1) is 5.92 Å². The third kappa shape index (κ3) is 2.96. The molecule has 1 saturated carbocycles. The Hall–Kier alpha value is -0.570. The van der Waals surface area contributed by atoms with Crippen molar-refractivity contribution in [2.24, 2.45) is 11.8 Å². The van der Waals surface area contributed by atoms with Crippen molar-refractivity contribution in [1.29, 1.82) is 0 Å². The van der Waals surface area contributed by atoms with Crippen molar-refractivity contribution in [3.63, 3.8) is 0 Å². The van der Waals surface area contributed by atoms with Gasteiger partial charge in [0.2, 0.25) is 5.91 Å². The number of fused-ring (bicyclic) bond motifs is 2. The van der Waals surface area contributed by atoms with E-state index < -0.39 is 0 Å². The zero-order valence-corrected chi connectivity index (χ0v) is 12.2. The van der Waals surface area contributed by atoms with Crippen LogP contribution < -0.4 is 10.6 Å². The average Bonchev–Trinajstić information content (AvgIpc) is 3.04. The lowest BCUT2D eigenvalue weighted by Crippen LogP contribution is -2.44. The maximum absolute atomic E-state index is 12.4. The van der Waals surface area contributed by atoms with Gasteiger partial charge < -0.3 is 10.6 Å². The first kappa shape index (κ1) is 13.4. The van der Waals surface area contributed by atoms with E-state index in [0.717, 1.165) is 12.3 Å². The molecule has 3 rings (SSSR count). The molecule has 0 spiro atoms. The molecule has 3 aliphatic rings. The molecule has 0 aromatic heterocycles. The second-order valence-electron chi connectivity index (χ2n) is 6.90. The molecule has 3 heteroatoms. The number of amides is 1. The van der Waals surface area contributed by atoms with Gasteiger partial charge in [-0.15, -0.1) is 0 Å². The topological polar surface area (TPSA) is 41.1 Å². The Kier molecular flexibility index (Phi) is 4.11. The third-order valence-electron chi connectivity index (χ3n) is 5.53. The molecule has 0 aromatic carbocycles. The van der Waals surface area contributed by atoms with E-state index in [1.165, 1.54) is 51.4 Å². The number of carbonyl (C=O) groups excluding carboxylic acids is 1. The van der Waals surface area contributed by atoms with Crippen LogP contribution in [0.15, 0.2) is 0 Å². The summed E-state index contributed by atoms with van der Waals surface area (Å²) in [7, 11) is 0. The monoisotopic (exact) mass is 264 g/mol. The lowest BCUT2D eigenvalue weighted by Gasteiger charge is -2.30. The zero-order chi connectivity index (χ0) is 13.2. The molecule has 2 bridgehead atoms. The smallest absolute Gasteiger partial charge is 0.224 e. The van der Waals surface area contributed by atoms with Crippen LogP contribution in [-0.4, -0.2) is 24.0 Å². The molecule has 2 saturated heterocycles. The van der Waals surface area contributed by atoms with Gasteiger partial charge in [0.25, 0.3) is 0 Å². The number of hydrogen-bond donors (Lipinski definition) is 2. The van der Waals surface area contributed by atoms with Crippen molar-refractivity contribution in [2.75, 3.05) is 0 Å². The highest BCUT2D eigenvalue weighted by Crippen LogP contribution is 2.34. The fourth-order valence-corrected chi connectivity index (χ4v) is 4.43. The second-order valence-corrected chi connectivity index (χ2v) is 6.90. The Morgan fingerprint density at radius 3 is 2.53 bits per heavy atom. The van der Waals surface area contributed by atoms with Crippen LogP contribution in [0.5, 0.6) is 0 Å². The molecule has 3 nitrogen and oxygen atoms in total. The SMILES string of the molecule is CCCC1CCC(NC(=O)C2CC3CCC2N3)CC1. The minimum Gasteiger partial charge on any atom is -0.353 e. The summed E-state index contributed by atoms with van der Waals surface area (Å²) in [6, 6.07) is 1.56. The molecule has 3 atom stereocenters. The number of carbonyl (C=O) groups is 1. The van der Waals surface area contributed by atoms with Crippen LogP contribution in [0.2, 0.25) is 0 Å². The number of rotatable bonds is 4. The normalized spacial score (nSPS) is 41.4. The predicted octanol–water partition coefficient (Wildman–Crippen LogP) is 2.60.